The maximum Gasteiger partial charge on any atom is 0.414 e. The second kappa shape index (κ2) is 9.23. The van der Waals surface area contributed by atoms with Crippen LogP contribution in [0, 0.1) is 6.92 Å². The number of benzene rings is 2. The number of guanidine groups is 1. The van der Waals surface area contributed by atoms with Gasteiger partial charge in [-0.25, -0.2) is 9.37 Å². The molecule has 1 N–H and O–H groups in total. The van der Waals surface area contributed by atoms with Gasteiger partial charge in [0.15, 0.2) is 0 Å². The number of fused-ring (bicyclic) bond motifs is 1. The van der Waals surface area contributed by atoms with Gasteiger partial charge in [0.25, 0.3) is 5.91 Å². The number of carbonyl (C=O) groups excluding carboxylic acids is 2. The van der Waals surface area contributed by atoms with Crippen molar-refractivity contribution >= 4 is 29.9 Å². The predicted octanol–water partition coefficient (Wildman–Crippen LogP) is 2.19. The number of amides is 3. The van der Waals surface area contributed by atoms with Gasteiger partial charge >= 0.3 is 12.0 Å². The molecule has 1 unspecified atom stereocenters. The number of ether oxygens (including phenoxy) is 1. The van der Waals surface area contributed by atoms with E-state index in [4.69, 9.17) is 4.74 Å². The average Bonchev–Trinajstić information content (AvgIpc) is 3.17. The van der Waals surface area contributed by atoms with Gasteiger partial charge in [-0.2, -0.15) is 5.43 Å². The molecule has 33 heavy (non-hydrogen) atoms. The van der Waals surface area contributed by atoms with Gasteiger partial charge in [0.1, 0.15) is 5.75 Å². The number of aliphatic imine (C=N–C) groups is 1. The number of hydrazone groups is 1. The highest BCUT2D eigenvalue weighted by Crippen LogP contribution is 2.21. The standard InChI is InChI=1S/C24H26N6O3/c1-5-33-19-12-10-17(11-13-19)14-25-27-23-26-21-20(22(31)29(4)24(32)28(21)3)30(23)15-18-9-7-6-8-16(18)2/h6-14,20H,5,15H2,1-4H3/p+1/b25-14+. The predicted molar refractivity (Wildman–Crippen MR) is 126 cm³/mol. The molecule has 9 heteroatoms. The number of nitrogens with one attached hydrogen (secondary N) is 1. The van der Waals surface area contributed by atoms with E-state index in [0.717, 1.165) is 27.3 Å². The second-order valence-corrected chi connectivity index (χ2v) is 7.86. The van der Waals surface area contributed by atoms with Crippen molar-refractivity contribution in [1.29, 1.82) is 0 Å². The smallest absolute Gasteiger partial charge is 0.414 e. The first kappa shape index (κ1) is 22.2. The Morgan fingerprint density at radius 3 is 2.55 bits per heavy atom. The van der Waals surface area contributed by atoms with Crippen LogP contribution in [0.3, 0.4) is 0 Å². The van der Waals surface area contributed by atoms with Crippen molar-refractivity contribution < 1.29 is 18.9 Å². The van der Waals surface area contributed by atoms with E-state index < -0.39 is 12.1 Å². The minimum absolute atomic E-state index is 0.322. The molecule has 1 fully saturated rings. The van der Waals surface area contributed by atoms with Crippen LogP contribution < -0.4 is 10.2 Å². The molecule has 0 aliphatic carbocycles. The third-order valence-electron chi connectivity index (χ3n) is 5.70. The van der Waals surface area contributed by atoms with Crippen molar-refractivity contribution in [3.8, 4) is 5.75 Å². The summed E-state index contributed by atoms with van der Waals surface area (Å²) in [6.45, 7) is 5.01. The van der Waals surface area contributed by atoms with Crippen molar-refractivity contribution in [3.63, 3.8) is 0 Å². The fourth-order valence-corrected chi connectivity index (χ4v) is 3.81. The maximum atomic E-state index is 13.0. The molecule has 1 atom stereocenters. The van der Waals surface area contributed by atoms with Gasteiger partial charge in [-0.15, -0.1) is 5.10 Å². The van der Waals surface area contributed by atoms with Crippen LogP contribution in [-0.4, -0.2) is 71.1 Å². The Labute approximate surface area is 192 Å². The summed E-state index contributed by atoms with van der Waals surface area (Å²) >= 11 is 0. The third-order valence-corrected chi connectivity index (χ3v) is 5.70. The quantitative estimate of drug-likeness (QED) is 0.418. The zero-order chi connectivity index (χ0) is 23.5. The van der Waals surface area contributed by atoms with Crippen molar-refractivity contribution in [2.45, 2.75) is 26.4 Å². The Morgan fingerprint density at radius 1 is 1.12 bits per heavy atom. The minimum Gasteiger partial charge on any atom is -0.494 e. The van der Waals surface area contributed by atoms with Crippen molar-refractivity contribution in [2.24, 2.45) is 10.1 Å². The number of nitrogens with zero attached hydrogens (tertiary/aromatic N) is 5. The lowest BCUT2D eigenvalue weighted by molar-refractivity contribution is -0.553. The first-order chi connectivity index (χ1) is 15.9. The third kappa shape index (κ3) is 4.34. The fraction of sp³-hybridized carbons (Fsp3) is 0.292. The monoisotopic (exact) mass is 447 g/mol. The summed E-state index contributed by atoms with van der Waals surface area (Å²) < 4.78 is 7.30. The lowest BCUT2D eigenvalue weighted by atomic mass is 10.1. The normalized spacial score (nSPS) is 18.2. The molecular weight excluding hydrogens is 420 g/mol. The molecule has 0 radical (unpaired) electrons. The summed E-state index contributed by atoms with van der Waals surface area (Å²) in [5.74, 6) is 1.26. The number of likely N-dealkylation sites (N-methyl/N-ethyl adjacent to an activating group) is 2. The zero-order valence-electron chi connectivity index (χ0n) is 19.1. The number of rotatable bonds is 6. The summed E-state index contributed by atoms with van der Waals surface area (Å²) in [4.78, 5) is 32.6. The van der Waals surface area contributed by atoms with E-state index >= 15 is 0 Å². The van der Waals surface area contributed by atoms with Gasteiger partial charge in [0.2, 0.25) is 11.9 Å². The van der Waals surface area contributed by atoms with Crippen LogP contribution in [0.2, 0.25) is 0 Å². The number of urea groups is 1. The molecule has 2 aliphatic heterocycles. The van der Waals surface area contributed by atoms with Crippen molar-refractivity contribution in [3.05, 3.63) is 65.2 Å². The summed E-state index contributed by atoms with van der Waals surface area (Å²) in [6.07, 6.45) is 1.67. The lowest BCUT2D eigenvalue weighted by Gasteiger charge is -2.31. The van der Waals surface area contributed by atoms with E-state index in [2.05, 4.69) is 15.5 Å². The van der Waals surface area contributed by atoms with Crippen LogP contribution in [-0.2, 0) is 11.3 Å². The minimum atomic E-state index is -0.708. The van der Waals surface area contributed by atoms with Gasteiger partial charge in [-0.05, 0) is 54.8 Å². The molecule has 2 heterocycles. The van der Waals surface area contributed by atoms with E-state index in [1.807, 2.05) is 67.0 Å². The molecule has 2 aliphatic rings. The topological polar surface area (TPSA) is 89.6 Å². The van der Waals surface area contributed by atoms with E-state index in [1.165, 1.54) is 11.9 Å². The number of amidine groups is 1. The Morgan fingerprint density at radius 2 is 1.85 bits per heavy atom. The molecular formula is C24H27N6O3+. The summed E-state index contributed by atoms with van der Waals surface area (Å²) in [7, 11) is 3.11. The molecule has 2 aromatic rings. The molecule has 9 nitrogen and oxygen atoms in total. The van der Waals surface area contributed by atoms with Crippen LogP contribution in [0.5, 0.6) is 5.75 Å². The van der Waals surface area contributed by atoms with E-state index in [0.29, 0.717) is 24.9 Å². The van der Waals surface area contributed by atoms with Crippen molar-refractivity contribution in [1.82, 2.24) is 15.2 Å². The number of hydrogen-bond donors (Lipinski definition) is 1. The van der Waals surface area contributed by atoms with Gasteiger partial charge in [0, 0.05) is 14.1 Å². The maximum absolute atomic E-state index is 13.0. The second-order valence-electron chi connectivity index (χ2n) is 7.86. The Balaban J connectivity index is 1.64. The van der Waals surface area contributed by atoms with Crippen LogP contribution in [0.25, 0.3) is 0 Å². The molecule has 0 saturated carbocycles. The number of imide groups is 1. The van der Waals surface area contributed by atoms with E-state index in [9.17, 15) is 9.59 Å². The summed E-state index contributed by atoms with van der Waals surface area (Å²) in [5.41, 5.74) is 6.00. The van der Waals surface area contributed by atoms with Crippen LogP contribution in [0.4, 0.5) is 4.79 Å². The SMILES string of the molecule is CCOc1ccc(/C=N/NC2=[N+](Cc3ccccc3C)C3C(=O)N(C)C(=O)N(C)C3=N2)cc1. The number of aryl methyl sites for hydroxylation is 1. The molecule has 170 valence electrons. The molecule has 4 rings (SSSR count). The molecule has 2 aromatic carbocycles. The molecule has 3 amide bonds. The van der Waals surface area contributed by atoms with Gasteiger partial charge in [-0.3, -0.25) is 14.6 Å². The first-order valence-corrected chi connectivity index (χ1v) is 10.7. The highest BCUT2D eigenvalue weighted by atomic mass is 16.5. The largest absolute Gasteiger partial charge is 0.494 e. The van der Waals surface area contributed by atoms with Gasteiger partial charge in [-0.1, -0.05) is 29.3 Å². The van der Waals surface area contributed by atoms with Crippen LogP contribution in [0.15, 0.2) is 58.6 Å². The Hall–Kier alpha value is -4.01. The van der Waals surface area contributed by atoms with Crippen LogP contribution in [0.1, 0.15) is 23.6 Å². The first-order valence-electron chi connectivity index (χ1n) is 10.7. The average molecular weight is 448 g/mol. The van der Waals surface area contributed by atoms with Crippen molar-refractivity contribution in [2.75, 3.05) is 20.7 Å². The Kier molecular flexibility index (Phi) is 6.21. The summed E-state index contributed by atoms with van der Waals surface area (Å²) in [6, 6.07) is 14.4. The fourth-order valence-electron chi connectivity index (χ4n) is 3.81. The highest BCUT2D eigenvalue weighted by Gasteiger charge is 2.51. The van der Waals surface area contributed by atoms with Gasteiger partial charge < -0.3 is 4.74 Å². The molecule has 0 spiro atoms. The Bertz CT molecular complexity index is 1170. The van der Waals surface area contributed by atoms with Crippen LogP contribution >= 0.6 is 0 Å². The zero-order valence-corrected chi connectivity index (χ0v) is 19.1. The summed E-state index contributed by atoms with van der Waals surface area (Å²) in [5, 5.41) is 4.33. The highest BCUT2D eigenvalue weighted by molar-refractivity contribution is 6.22. The number of hydrogen-bond acceptors (Lipinski definition) is 6. The lowest BCUT2D eigenvalue weighted by Crippen LogP contribution is -2.61. The van der Waals surface area contributed by atoms with E-state index in [-0.39, 0.29) is 5.91 Å². The molecule has 0 aromatic heterocycles. The molecule has 0 bridgehead atoms. The van der Waals surface area contributed by atoms with E-state index in [1.54, 1.807) is 13.3 Å². The molecule has 1 saturated heterocycles. The number of carbonyl (C=O) groups is 2. The van der Waals surface area contributed by atoms with Gasteiger partial charge in [0.05, 0.1) is 19.4 Å².